The van der Waals surface area contributed by atoms with Gasteiger partial charge < -0.3 is 9.47 Å². The number of rotatable bonds is 2. The van der Waals surface area contributed by atoms with Crippen molar-refractivity contribution in [3.63, 3.8) is 0 Å². The van der Waals surface area contributed by atoms with Crippen LogP contribution in [0.3, 0.4) is 0 Å². The summed E-state index contributed by atoms with van der Waals surface area (Å²) in [5, 5.41) is 0. The highest BCUT2D eigenvalue weighted by Crippen LogP contribution is 2.34. The Morgan fingerprint density at radius 1 is 1.21 bits per heavy atom. The van der Waals surface area contributed by atoms with Crippen molar-refractivity contribution in [2.45, 2.75) is 58.2 Å². The fourth-order valence-electron chi connectivity index (χ4n) is 2.33. The predicted molar refractivity (Wildman–Crippen MR) is 78.5 cm³/mol. The molecule has 1 aromatic carbocycles. The van der Waals surface area contributed by atoms with E-state index < -0.39 is 0 Å². The first kappa shape index (κ1) is 14.0. The minimum atomic E-state index is -0.174. The van der Waals surface area contributed by atoms with Crippen molar-refractivity contribution in [3.8, 4) is 5.75 Å². The second-order valence-electron chi connectivity index (χ2n) is 6.91. The van der Waals surface area contributed by atoms with Crippen LogP contribution >= 0.6 is 0 Å². The molecule has 0 amide bonds. The minimum absolute atomic E-state index is 0.0458. The largest absolute Gasteiger partial charge is 0.489 e. The number of ether oxygens (including phenoxy) is 2. The summed E-state index contributed by atoms with van der Waals surface area (Å²) in [5.74, 6) is 1.60. The van der Waals surface area contributed by atoms with E-state index in [1.165, 1.54) is 5.56 Å². The first-order valence-electron chi connectivity index (χ1n) is 6.82. The molecule has 1 atom stereocenters. The van der Waals surface area contributed by atoms with Crippen LogP contribution in [0.15, 0.2) is 36.6 Å². The summed E-state index contributed by atoms with van der Waals surface area (Å²) in [6, 6.07) is 8.30. The summed E-state index contributed by atoms with van der Waals surface area (Å²) in [4.78, 5) is 0. The lowest BCUT2D eigenvalue weighted by molar-refractivity contribution is 0.0773. The molecule has 0 N–H and O–H groups in total. The molecule has 1 saturated heterocycles. The van der Waals surface area contributed by atoms with E-state index in [9.17, 15) is 0 Å². The van der Waals surface area contributed by atoms with Crippen LogP contribution in [0.2, 0.25) is 0 Å². The molecule has 1 aliphatic rings. The van der Waals surface area contributed by atoms with E-state index in [2.05, 4.69) is 53.3 Å². The van der Waals surface area contributed by atoms with E-state index in [1.807, 2.05) is 12.1 Å². The first-order chi connectivity index (χ1) is 8.67. The van der Waals surface area contributed by atoms with Gasteiger partial charge in [0.15, 0.2) is 6.10 Å². The lowest BCUT2D eigenvalue weighted by atomic mass is 9.87. The van der Waals surface area contributed by atoms with E-state index in [-0.39, 0.29) is 17.1 Å². The molecule has 1 aromatic rings. The molecule has 2 heteroatoms. The van der Waals surface area contributed by atoms with Crippen molar-refractivity contribution in [2.24, 2.45) is 0 Å². The third-order valence-corrected chi connectivity index (χ3v) is 3.44. The van der Waals surface area contributed by atoms with Gasteiger partial charge in [0, 0.05) is 6.42 Å². The molecule has 1 unspecified atom stereocenters. The zero-order valence-corrected chi connectivity index (χ0v) is 12.6. The molecule has 1 fully saturated rings. The molecular weight excluding hydrogens is 236 g/mol. The van der Waals surface area contributed by atoms with Gasteiger partial charge in [-0.15, -0.1) is 0 Å². The van der Waals surface area contributed by atoms with Crippen molar-refractivity contribution < 1.29 is 9.47 Å². The highest BCUT2D eigenvalue weighted by atomic mass is 16.6. The number of hydrogen-bond donors (Lipinski definition) is 0. The zero-order chi connectivity index (χ0) is 14.3. The summed E-state index contributed by atoms with van der Waals surface area (Å²) in [6.45, 7) is 14.7. The minimum Gasteiger partial charge on any atom is -0.489 e. The highest BCUT2D eigenvalue weighted by Gasteiger charge is 2.37. The van der Waals surface area contributed by atoms with E-state index in [4.69, 9.17) is 9.47 Å². The molecule has 1 aliphatic heterocycles. The molecule has 0 aromatic heterocycles. The maximum absolute atomic E-state index is 5.97. The van der Waals surface area contributed by atoms with Gasteiger partial charge in [-0.2, -0.15) is 0 Å². The van der Waals surface area contributed by atoms with Crippen LogP contribution in [0.1, 0.15) is 46.6 Å². The lowest BCUT2D eigenvalue weighted by Gasteiger charge is -2.20. The summed E-state index contributed by atoms with van der Waals surface area (Å²) in [5.41, 5.74) is 1.30. The predicted octanol–water partition coefficient (Wildman–Crippen LogP) is 4.44. The van der Waals surface area contributed by atoms with Gasteiger partial charge in [-0.25, -0.2) is 0 Å². The van der Waals surface area contributed by atoms with E-state index in [1.54, 1.807) is 0 Å². The Balaban J connectivity index is 2.07. The average Bonchev–Trinajstić information content (AvgIpc) is 2.51. The smallest absolute Gasteiger partial charge is 0.159 e. The molecule has 1 heterocycles. The Labute approximate surface area is 116 Å². The maximum Gasteiger partial charge on any atom is 0.159 e. The van der Waals surface area contributed by atoms with Crippen LogP contribution in [0.5, 0.6) is 5.75 Å². The Bertz CT molecular complexity index is 463. The molecule has 2 rings (SSSR count). The normalized spacial score (nSPS) is 22.2. The Kier molecular flexibility index (Phi) is 3.38. The number of benzene rings is 1. The van der Waals surface area contributed by atoms with Crippen LogP contribution in [0, 0.1) is 0 Å². The van der Waals surface area contributed by atoms with Crippen LogP contribution < -0.4 is 4.74 Å². The van der Waals surface area contributed by atoms with E-state index >= 15 is 0 Å². The van der Waals surface area contributed by atoms with Crippen molar-refractivity contribution in [2.75, 3.05) is 0 Å². The summed E-state index contributed by atoms with van der Waals surface area (Å²) in [7, 11) is 0. The lowest BCUT2D eigenvalue weighted by Crippen LogP contribution is -2.20. The summed E-state index contributed by atoms with van der Waals surface area (Å²) >= 11 is 0. The van der Waals surface area contributed by atoms with E-state index in [0.29, 0.717) is 0 Å². The standard InChI is InChI=1S/C17H24O2/c1-12-15(11-17(5,6)19-12)18-14-9-7-13(8-10-14)16(2,3)4/h7-10,15H,1,11H2,2-6H3. The SMILES string of the molecule is C=C1OC(C)(C)CC1Oc1ccc(C(C)(C)C)cc1. The van der Waals surface area contributed by atoms with Gasteiger partial charge in [-0.1, -0.05) is 39.5 Å². The quantitative estimate of drug-likeness (QED) is 0.782. The van der Waals surface area contributed by atoms with E-state index in [0.717, 1.165) is 17.9 Å². The second-order valence-corrected chi connectivity index (χ2v) is 6.91. The van der Waals surface area contributed by atoms with Crippen molar-refractivity contribution in [1.82, 2.24) is 0 Å². The second kappa shape index (κ2) is 4.59. The molecule has 0 radical (unpaired) electrons. The Hall–Kier alpha value is -1.44. The molecule has 0 aliphatic carbocycles. The van der Waals surface area contributed by atoms with Crippen LogP contribution in [-0.4, -0.2) is 11.7 Å². The van der Waals surface area contributed by atoms with Crippen molar-refractivity contribution in [3.05, 3.63) is 42.2 Å². The Morgan fingerprint density at radius 2 is 1.79 bits per heavy atom. The zero-order valence-electron chi connectivity index (χ0n) is 12.6. The Morgan fingerprint density at radius 3 is 2.21 bits per heavy atom. The molecule has 0 bridgehead atoms. The average molecular weight is 260 g/mol. The third-order valence-electron chi connectivity index (χ3n) is 3.44. The fraction of sp³-hybridized carbons (Fsp3) is 0.529. The molecule has 2 nitrogen and oxygen atoms in total. The van der Waals surface area contributed by atoms with Gasteiger partial charge >= 0.3 is 0 Å². The van der Waals surface area contributed by atoms with Crippen molar-refractivity contribution >= 4 is 0 Å². The monoisotopic (exact) mass is 260 g/mol. The van der Waals surface area contributed by atoms with Crippen LogP contribution in [0.25, 0.3) is 0 Å². The molecule has 0 spiro atoms. The van der Waals surface area contributed by atoms with Crippen molar-refractivity contribution in [1.29, 1.82) is 0 Å². The molecule has 19 heavy (non-hydrogen) atoms. The number of hydrogen-bond acceptors (Lipinski definition) is 2. The molecule has 104 valence electrons. The van der Waals surface area contributed by atoms with Gasteiger partial charge in [-0.05, 0) is 37.0 Å². The fourth-order valence-corrected chi connectivity index (χ4v) is 2.33. The van der Waals surface area contributed by atoms with Gasteiger partial charge in [-0.3, -0.25) is 0 Å². The van der Waals surface area contributed by atoms with Gasteiger partial charge in [0.25, 0.3) is 0 Å². The summed E-state index contributed by atoms with van der Waals surface area (Å²) in [6.07, 6.45) is 0.794. The van der Waals surface area contributed by atoms with Gasteiger partial charge in [0.2, 0.25) is 0 Å². The third kappa shape index (κ3) is 3.31. The highest BCUT2D eigenvalue weighted by molar-refractivity contribution is 5.31. The molecule has 0 saturated carbocycles. The molecular formula is C17H24O2. The van der Waals surface area contributed by atoms with Crippen LogP contribution in [-0.2, 0) is 10.2 Å². The van der Waals surface area contributed by atoms with Gasteiger partial charge in [0.05, 0.1) is 0 Å². The topological polar surface area (TPSA) is 18.5 Å². The van der Waals surface area contributed by atoms with Gasteiger partial charge in [0.1, 0.15) is 17.1 Å². The maximum atomic E-state index is 5.97. The first-order valence-corrected chi connectivity index (χ1v) is 6.82. The summed E-state index contributed by atoms with van der Waals surface area (Å²) < 4.78 is 11.7. The van der Waals surface area contributed by atoms with Crippen LogP contribution in [0.4, 0.5) is 0 Å².